The number of hydrogen-bond donors (Lipinski definition) is 4. The summed E-state index contributed by atoms with van der Waals surface area (Å²) in [5.41, 5.74) is 6.50. The Morgan fingerprint density at radius 3 is 2.00 bits per heavy atom. The normalized spacial score (nSPS) is 8.58. The van der Waals surface area contributed by atoms with Gasteiger partial charge in [-0.15, -0.1) is 0 Å². The van der Waals surface area contributed by atoms with Crippen LogP contribution in [0.3, 0.4) is 0 Å². The second-order valence-electron chi connectivity index (χ2n) is 2.21. The fourth-order valence-electron chi connectivity index (χ4n) is 0.829. The van der Waals surface area contributed by atoms with Crippen LogP contribution in [-0.2, 0) is 6.42 Å². The average molecular weight is 170 g/mol. The van der Waals surface area contributed by atoms with Crippen molar-refractivity contribution in [2.45, 2.75) is 6.42 Å². The molecule has 0 amide bonds. The van der Waals surface area contributed by atoms with Crippen LogP contribution in [0, 0.1) is 0 Å². The number of phenols is 1. The van der Waals surface area contributed by atoms with Gasteiger partial charge in [0.15, 0.2) is 0 Å². The van der Waals surface area contributed by atoms with Gasteiger partial charge < -0.3 is 16.0 Å². The van der Waals surface area contributed by atoms with Crippen LogP contribution < -0.4 is 11.6 Å². The predicted octanol–water partition coefficient (Wildman–Crippen LogP) is 0.228. The van der Waals surface area contributed by atoms with Crippen molar-refractivity contribution in [3.05, 3.63) is 29.8 Å². The highest BCUT2D eigenvalue weighted by Gasteiger charge is 1.89. The van der Waals surface area contributed by atoms with Gasteiger partial charge in [-0.2, -0.15) is 0 Å². The maximum absolute atomic E-state index is 8.89. The smallest absolute Gasteiger partial charge is 0.115 e. The predicted molar refractivity (Wildman–Crippen MR) is 46.8 cm³/mol. The Kier molecular flexibility index (Phi) is 6.00. The molecule has 0 bridgehead atoms. The standard InChI is InChI=1S/C8H11NO.H3NO/c9-6-5-7-1-3-8(10)4-2-7;1-2/h1-4,10H,5-6,9H2;2H,1H2. The number of rotatable bonds is 2. The summed E-state index contributed by atoms with van der Waals surface area (Å²) in [6.07, 6.45) is 0.875. The summed E-state index contributed by atoms with van der Waals surface area (Å²) < 4.78 is 0. The van der Waals surface area contributed by atoms with E-state index in [1.165, 1.54) is 5.56 Å². The lowest BCUT2D eigenvalue weighted by Gasteiger charge is -1.96. The van der Waals surface area contributed by atoms with Crippen LogP contribution in [-0.4, -0.2) is 16.9 Å². The minimum absolute atomic E-state index is 0.306. The molecule has 1 aromatic rings. The van der Waals surface area contributed by atoms with Crippen molar-refractivity contribution in [3.63, 3.8) is 0 Å². The Morgan fingerprint density at radius 2 is 1.58 bits per heavy atom. The third kappa shape index (κ3) is 3.92. The maximum atomic E-state index is 8.89. The lowest BCUT2D eigenvalue weighted by Crippen LogP contribution is -2.01. The molecule has 0 saturated heterocycles. The van der Waals surface area contributed by atoms with E-state index in [-0.39, 0.29) is 0 Å². The first-order chi connectivity index (χ1) is 5.83. The third-order valence-electron chi connectivity index (χ3n) is 1.37. The lowest BCUT2D eigenvalue weighted by molar-refractivity contribution is 0.311. The summed E-state index contributed by atoms with van der Waals surface area (Å²) in [4.78, 5) is 0. The largest absolute Gasteiger partial charge is 0.508 e. The summed E-state index contributed by atoms with van der Waals surface area (Å²) in [6.45, 7) is 0.658. The molecule has 0 unspecified atom stereocenters. The summed E-state index contributed by atoms with van der Waals surface area (Å²) >= 11 is 0. The molecule has 0 aromatic heterocycles. The van der Waals surface area contributed by atoms with E-state index in [2.05, 4.69) is 5.90 Å². The fourth-order valence-corrected chi connectivity index (χ4v) is 0.829. The van der Waals surface area contributed by atoms with Gasteiger partial charge in [0.2, 0.25) is 0 Å². The van der Waals surface area contributed by atoms with Gasteiger partial charge >= 0.3 is 0 Å². The minimum atomic E-state index is 0.306. The highest BCUT2D eigenvalue weighted by molar-refractivity contribution is 5.25. The van der Waals surface area contributed by atoms with Crippen molar-refractivity contribution >= 4 is 0 Å². The number of phenolic OH excluding ortho intramolecular Hbond substituents is 1. The van der Waals surface area contributed by atoms with Crippen molar-refractivity contribution in [1.29, 1.82) is 0 Å². The molecule has 0 aliphatic rings. The van der Waals surface area contributed by atoms with E-state index < -0.39 is 0 Å². The average Bonchev–Trinajstić information content (AvgIpc) is 2.13. The van der Waals surface area contributed by atoms with E-state index >= 15 is 0 Å². The van der Waals surface area contributed by atoms with Gasteiger partial charge in [-0.25, -0.2) is 5.90 Å². The number of nitrogens with two attached hydrogens (primary N) is 2. The first-order valence-electron chi connectivity index (χ1n) is 3.56. The topological polar surface area (TPSA) is 92.5 Å². The molecule has 0 aliphatic carbocycles. The second kappa shape index (κ2) is 6.60. The van der Waals surface area contributed by atoms with Crippen molar-refractivity contribution in [1.82, 2.24) is 0 Å². The number of hydrogen-bond acceptors (Lipinski definition) is 4. The number of benzene rings is 1. The quantitative estimate of drug-likeness (QED) is 0.478. The lowest BCUT2D eigenvalue weighted by atomic mass is 10.1. The Balaban J connectivity index is 0.000000561. The van der Waals surface area contributed by atoms with Crippen LogP contribution in [0.2, 0.25) is 0 Å². The molecule has 0 atom stereocenters. The van der Waals surface area contributed by atoms with Crippen LogP contribution in [0.1, 0.15) is 5.56 Å². The molecule has 0 spiro atoms. The van der Waals surface area contributed by atoms with E-state index in [1.54, 1.807) is 12.1 Å². The van der Waals surface area contributed by atoms with E-state index in [4.69, 9.17) is 16.0 Å². The van der Waals surface area contributed by atoms with Gasteiger partial charge in [-0.3, -0.25) is 0 Å². The molecule has 0 aliphatic heterocycles. The molecular weight excluding hydrogens is 156 g/mol. The zero-order valence-corrected chi connectivity index (χ0v) is 6.77. The molecule has 68 valence electrons. The van der Waals surface area contributed by atoms with E-state index in [9.17, 15) is 0 Å². The summed E-state index contributed by atoms with van der Waals surface area (Å²) in [7, 11) is 0. The minimum Gasteiger partial charge on any atom is -0.508 e. The molecule has 0 saturated carbocycles. The Morgan fingerprint density at radius 1 is 1.08 bits per heavy atom. The van der Waals surface area contributed by atoms with E-state index in [1.807, 2.05) is 12.1 Å². The molecule has 4 heteroatoms. The third-order valence-corrected chi connectivity index (χ3v) is 1.37. The second-order valence-corrected chi connectivity index (χ2v) is 2.21. The fraction of sp³-hybridized carbons (Fsp3) is 0.250. The van der Waals surface area contributed by atoms with Crippen molar-refractivity contribution in [3.8, 4) is 5.75 Å². The zero-order chi connectivity index (χ0) is 9.40. The first kappa shape index (κ1) is 10.9. The van der Waals surface area contributed by atoms with E-state index in [0.29, 0.717) is 12.3 Å². The Hall–Kier alpha value is -1.10. The van der Waals surface area contributed by atoms with Crippen LogP contribution >= 0.6 is 0 Å². The van der Waals surface area contributed by atoms with Crippen molar-refractivity contribution in [2.75, 3.05) is 6.54 Å². The SMILES string of the molecule is NCCc1ccc(O)cc1.NO. The van der Waals surface area contributed by atoms with Crippen LogP contribution in [0.5, 0.6) is 5.75 Å². The molecule has 1 rings (SSSR count). The van der Waals surface area contributed by atoms with Gasteiger partial charge in [0.25, 0.3) is 0 Å². The van der Waals surface area contributed by atoms with Crippen LogP contribution in [0.15, 0.2) is 24.3 Å². The molecule has 12 heavy (non-hydrogen) atoms. The van der Waals surface area contributed by atoms with Gasteiger partial charge in [-0.05, 0) is 30.7 Å². The molecular formula is C8H14N2O2. The number of aromatic hydroxyl groups is 1. The highest BCUT2D eigenvalue weighted by Crippen LogP contribution is 2.09. The van der Waals surface area contributed by atoms with Gasteiger partial charge in [0.1, 0.15) is 5.75 Å². The van der Waals surface area contributed by atoms with Gasteiger partial charge in [0, 0.05) is 0 Å². The van der Waals surface area contributed by atoms with E-state index in [0.717, 1.165) is 6.42 Å². The molecule has 1 aromatic carbocycles. The maximum Gasteiger partial charge on any atom is 0.115 e. The van der Waals surface area contributed by atoms with Gasteiger partial charge in [-0.1, -0.05) is 12.1 Å². The zero-order valence-electron chi connectivity index (χ0n) is 6.77. The Bertz CT molecular complexity index is 199. The summed E-state index contributed by atoms with van der Waals surface area (Å²) in [5, 5.41) is 15.4. The molecule has 0 fully saturated rings. The van der Waals surface area contributed by atoms with Gasteiger partial charge in [0.05, 0.1) is 0 Å². The monoisotopic (exact) mass is 170 g/mol. The van der Waals surface area contributed by atoms with Crippen LogP contribution in [0.4, 0.5) is 0 Å². The molecule has 6 N–H and O–H groups in total. The van der Waals surface area contributed by atoms with Crippen molar-refractivity contribution < 1.29 is 10.3 Å². The van der Waals surface area contributed by atoms with Crippen molar-refractivity contribution in [2.24, 2.45) is 11.6 Å². The Labute approximate surface area is 71.4 Å². The highest BCUT2D eigenvalue weighted by atomic mass is 16.4. The molecule has 4 nitrogen and oxygen atoms in total. The van der Waals surface area contributed by atoms with Crippen LogP contribution in [0.25, 0.3) is 0 Å². The molecule has 0 heterocycles. The summed E-state index contributed by atoms with van der Waals surface area (Å²) in [5.74, 6) is 3.81. The molecule has 0 radical (unpaired) electrons. The first-order valence-corrected chi connectivity index (χ1v) is 3.56. The summed E-state index contributed by atoms with van der Waals surface area (Å²) in [6, 6.07) is 7.10.